The van der Waals surface area contributed by atoms with Crippen LogP contribution in [0.15, 0.2) is 31.1 Å². The zero-order valence-corrected chi connectivity index (χ0v) is 9.80. The monoisotopic (exact) mass is 251 g/mol. The molecule has 1 atom stereocenters. The predicted octanol–water partition coefficient (Wildman–Crippen LogP) is 1.53. The second-order valence-corrected chi connectivity index (χ2v) is 3.80. The summed E-state index contributed by atoms with van der Waals surface area (Å²) >= 11 is 5.91. The Kier molecular flexibility index (Phi) is 3.34. The number of carbonyl (C=O) groups excluding carboxylic acids is 1. The van der Waals surface area contributed by atoms with Gasteiger partial charge in [0.2, 0.25) is 5.91 Å². The standard InChI is InChI=1S/C10H10ClN5O/c1-7(16-6-13-5-14-16)10(17)15-9-4-12-3-2-8(9)11/h2-7H,1H3,(H,15,17). The van der Waals surface area contributed by atoms with Gasteiger partial charge in [0.25, 0.3) is 0 Å². The lowest BCUT2D eigenvalue weighted by Gasteiger charge is -2.12. The number of pyridine rings is 1. The van der Waals surface area contributed by atoms with Crippen molar-refractivity contribution in [1.82, 2.24) is 19.7 Å². The summed E-state index contributed by atoms with van der Waals surface area (Å²) in [6.45, 7) is 1.72. The summed E-state index contributed by atoms with van der Waals surface area (Å²) in [6, 6.07) is 1.14. The first-order chi connectivity index (χ1) is 8.18. The third-order valence-corrected chi connectivity index (χ3v) is 2.57. The van der Waals surface area contributed by atoms with E-state index in [9.17, 15) is 4.79 Å². The molecule has 0 radical (unpaired) electrons. The van der Waals surface area contributed by atoms with Crippen molar-refractivity contribution in [3.8, 4) is 0 Å². The van der Waals surface area contributed by atoms with E-state index < -0.39 is 6.04 Å². The van der Waals surface area contributed by atoms with Crippen LogP contribution < -0.4 is 5.32 Å². The SMILES string of the molecule is CC(C(=O)Nc1cnccc1Cl)n1cncn1. The predicted molar refractivity (Wildman–Crippen MR) is 62.6 cm³/mol. The average Bonchev–Trinajstić information content (AvgIpc) is 2.84. The molecular weight excluding hydrogens is 242 g/mol. The molecule has 1 amide bonds. The number of rotatable bonds is 3. The van der Waals surface area contributed by atoms with Crippen LogP contribution in [0.1, 0.15) is 13.0 Å². The first-order valence-corrected chi connectivity index (χ1v) is 5.31. The topological polar surface area (TPSA) is 72.7 Å². The number of nitrogens with zero attached hydrogens (tertiary/aromatic N) is 4. The Morgan fingerprint density at radius 3 is 3.00 bits per heavy atom. The quantitative estimate of drug-likeness (QED) is 0.898. The number of nitrogens with one attached hydrogen (secondary N) is 1. The van der Waals surface area contributed by atoms with Gasteiger partial charge in [-0.25, -0.2) is 9.67 Å². The fourth-order valence-electron chi connectivity index (χ4n) is 1.24. The first-order valence-electron chi connectivity index (χ1n) is 4.93. The molecule has 0 saturated carbocycles. The van der Waals surface area contributed by atoms with Gasteiger partial charge in [0.05, 0.1) is 16.9 Å². The molecule has 0 spiro atoms. The highest BCUT2D eigenvalue weighted by atomic mass is 35.5. The van der Waals surface area contributed by atoms with Gasteiger partial charge >= 0.3 is 0 Å². The highest BCUT2D eigenvalue weighted by molar-refractivity contribution is 6.33. The maximum absolute atomic E-state index is 11.9. The van der Waals surface area contributed by atoms with Crippen molar-refractivity contribution < 1.29 is 4.79 Å². The number of anilines is 1. The molecule has 6 nitrogen and oxygen atoms in total. The van der Waals surface area contributed by atoms with Crippen molar-refractivity contribution in [2.24, 2.45) is 0 Å². The number of hydrogen-bond donors (Lipinski definition) is 1. The maximum Gasteiger partial charge on any atom is 0.249 e. The largest absolute Gasteiger partial charge is 0.322 e. The summed E-state index contributed by atoms with van der Waals surface area (Å²) in [5.41, 5.74) is 0.478. The van der Waals surface area contributed by atoms with Crippen LogP contribution in [0.25, 0.3) is 0 Å². The van der Waals surface area contributed by atoms with Crippen LogP contribution >= 0.6 is 11.6 Å². The molecular formula is C10H10ClN5O. The fraction of sp³-hybridized carbons (Fsp3) is 0.200. The number of aromatic nitrogens is 4. The van der Waals surface area contributed by atoms with E-state index in [2.05, 4.69) is 20.4 Å². The lowest BCUT2D eigenvalue weighted by molar-refractivity contribution is -0.119. The number of carbonyl (C=O) groups is 1. The lowest BCUT2D eigenvalue weighted by Crippen LogP contribution is -2.24. The minimum atomic E-state index is -0.464. The molecule has 0 aliphatic rings. The van der Waals surface area contributed by atoms with E-state index in [0.717, 1.165) is 0 Å². The Morgan fingerprint density at radius 1 is 1.53 bits per heavy atom. The summed E-state index contributed by atoms with van der Waals surface area (Å²) in [7, 11) is 0. The Morgan fingerprint density at radius 2 is 2.35 bits per heavy atom. The van der Waals surface area contributed by atoms with Gasteiger partial charge in [0, 0.05) is 6.20 Å². The molecule has 2 aromatic rings. The van der Waals surface area contributed by atoms with Gasteiger partial charge in [0.15, 0.2) is 0 Å². The van der Waals surface area contributed by atoms with E-state index in [1.54, 1.807) is 19.2 Å². The van der Waals surface area contributed by atoms with Crippen LogP contribution in [0.5, 0.6) is 0 Å². The number of halogens is 1. The summed E-state index contributed by atoms with van der Waals surface area (Å²) in [6.07, 6.45) is 5.91. The fourth-order valence-corrected chi connectivity index (χ4v) is 1.40. The molecule has 2 rings (SSSR count). The summed E-state index contributed by atoms with van der Waals surface area (Å²) in [5.74, 6) is -0.231. The third kappa shape index (κ3) is 2.59. The van der Waals surface area contributed by atoms with Gasteiger partial charge in [0.1, 0.15) is 18.7 Å². The maximum atomic E-state index is 11.9. The van der Waals surface area contributed by atoms with E-state index in [4.69, 9.17) is 11.6 Å². The lowest BCUT2D eigenvalue weighted by atomic mass is 10.3. The van der Waals surface area contributed by atoms with Crippen LogP contribution in [0.4, 0.5) is 5.69 Å². The first kappa shape index (κ1) is 11.5. The van der Waals surface area contributed by atoms with E-state index >= 15 is 0 Å². The van der Waals surface area contributed by atoms with Crippen LogP contribution in [-0.4, -0.2) is 25.7 Å². The van der Waals surface area contributed by atoms with E-state index in [-0.39, 0.29) is 5.91 Å². The Balaban J connectivity index is 2.10. The Bertz CT molecular complexity index is 513. The zero-order chi connectivity index (χ0) is 12.3. The molecule has 2 aromatic heterocycles. The van der Waals surface area contributed by atoms with Crippen LogP contribution in [-0.2, 0) is 4.79 Å². The minimum absolute atomic E-state index is 0.231. The molecule has 0 aliphatic carbocycles. The van der Waals surface area contributed by atoms with Gasteiger partial charge in [-0.3, -0.25) is 9.78 Å². The average molecular weight is 252 g/mol. The van der Waals surface area contributed by atoms with Crippen molar-refractivity contribution in [3.05, 3.63) is 36.1 Å². The molecule has 0 aromatic carbocycles. The van der Waals surface area contributed by atoms with Gasteiger partial charge < -0.3 is 5.32 Å². The number of amides is 1. The highest BCUT2D eigenvalue weighted by Gasteiger charge is 2.16. The summed E-state index contributed by atoms with van der Waals surface area (Å²) in [4.78, 5) is 19.5. The van der Waals surface area contributed by atoms with E-state index in [1.165, 1.54) is 23.5 Å². The Labute approximate surface area is 103 Å². The van der Waals surface area contributed by atoms with E-state index in [1.807, 2.05) is 0 Å². The van der Waals surface area contributed by atoms with Crippen molar-refractivity contribution in [2.75, 3.05) is 5.32 Å². The van der Waals surface area contributed by atoms with Crippen molar-refractivity contribution in [3.63, 3.8) is 0 Å². The van der Waals surface area contributed by atoms with Crippen LogP contribution in [0, 0.1) is 0 Å². The van der Waals surface area contributed by atoms with Gasteiger partial charge in [-0.2, -0.15) is 5.10 Å². The van der Waals surface area contributed by atoms with Crippen molar-refractivity contribution >= 4 is 23.2 Å². The second-order valence-electron chi connectivity index (χ2n) is 3.40. The zero-order valence-electron chi connectivity index (χ0n) is 9.04. The normalized spacial score (nSPS) is 12.1. The van der Waals surface area contributed by atoms with Gasteiger partial charge in [-0.15, -0.1) is 0 Å². The van der Waals surface area contributed by atoms with Gasteiger partial charge in [-0.1, -0.05) is 11.6 Å². The van der Waals surface area contributed by atoms with Crippen LogP contribution in [0.3, 0.4) is 0 Å². The second kappa shape index (κ2) is 4.92. The summed E-state index contributed by atoms with van der Waals surface area (Å²) in [5, 5.41) is 7.02. The molecule has 17 heavy (non-hydrogen) atoms. The molecule has 1 unspecified atom stereocenters. The molecule has 88 valence electrons. The third-order valence-electron chi connectivity index (χ3n) is 2.24. The minimum Gasteiger partial charge on any atom is -0.322 e. The Hall–Kier alpha value is -1.95. The van der Waals surface area contributed by atoms with Crippen molar-refractivity contribution in [2.45, 2.75) is 13.0 Å². The van der Waals surface area contributed by atoms with Crippen LogP contribution in [0.2, 0.25) is 5.02 Å². The van der Waals surface area contributed by atoms with Gasteiger partial charge in [-0.05, 0) is 13.0 Å². The summed E-state index contributed by atoms with van der Waals surface area (Å²) < 4.78 is 1.46. The van der Waals surface area contributed by atoms with Crippen molar-refractivity contribution in [1.29, 1.82) is 0 Å². The molecule has 0 bridgehead atoms. The highest BCUT2D eigenvalue weighted by Crippen LogP contribution is 2.20. The smallest absolute Gasteiger partial charge is 0.249 e. The molecule has 0 aliphatic heterocycles. The van der Waals surface area contributed by atoms with E-state index in [0.29, 0.717) is 10.7 Å². The molecule has 2 heterocycles. The molecule has 7 heteroatoms. The molecule has 0 fully saturated rings. The number of hydrogen-bond acceptors (Lipinski definition) is 4. The molecule has 0 saturated heterocycles. The molecule has 1 N–H and O–H groups in total.